The molecule has 150 valence electrons. The quantitative estimate of drug-likeness (QED) is 0.712. The molecule has 1 atom stereocenters. The van der Waals surface area contributed by atoms with Gasteiger partial charge in [-0.05, 0) is 37.3 Å². The molecule has 0 radical (unpaired) electrons. The average Bonchev–Trinajstić information content (AvgIpc) is 2.67. The van der Waals surface area contributed by atoms with Gasteiger partial charge in [0.2, 0.25) is 10.0 Å². The minimum atomic E-state index is -3.70. The standard InChI is InChI=1S/C19H20Cl2N2O4S/c1-14(27-16-6-4-5-15(20)13-16)19(24)22-9-11-23(12-10-22)28(25,26)18-8-3-2-7-17(18)21/h2-8,13-14H,9-12H2,1H3. The minimum absolute atomic E-state index is 0.0779. The van der Waals surface area contributed by atoms with Gasteiger partial charge in [-0.2, -0.15) is 4.31 Å². The van der Waals surface area contributed by atoms with Gasteiger partial charge in [0, 0.05) is 31.2 Å². The Hall–Kier alpha value is -1.80. The third-order valence-electron chi connectivity index (χ3n) is 4.46. The van der Waals surface area contributed by atoms with Crippen molar-refractivity contribution in [2.75, 3.05) is 26.2 Å². The Morgan fingerprint density at radius 3 is 2.36 bits per heavy atom. The average molecular weight is 443 g/mol. The van der Waals surface area contributed by atoms with Gasteiger partial charge in [-0.15, -0.1) is 0 Å². The van der Waals surface area contributed by atoms with Crippen molar-refractivity contribution < 1.29 is 17.9 Å². The molecule has 2 aromatic rings. The summed E-state index contributed by atoms with van der Waals surface area (Å²) < 4.78 is 32.6. The van der Waals surface area contributed by atoms with E-state index < -0.39 is 16.1 Å². The third-order valence-corrected chi connectivity index (χ3v) is 7.10. The first-order chi connectivity index (χ1) is 13.3. The monoisotopic (exact) mass is 442 g/mol. The fourth-order valence-corrected chi connectivity index (χ4v) is 5.09. The van der Waals surface area contributed by atoms with E-state index in [1.54, 1.807) is 54.3 Å². The maximum Gasteiger partial charge on any atom is 0.263 e. The van der Waals surface area contributed by atoms with Gasteiger partial charge in [-0.3, -0.25) is 4.79 Å². The highest BCUT2D eigenvalue weighted by molar-refractivity contribution is 7.89. The van der Waals surface area contributed by atoms with Gasteiger partial charge >= 0.3 is 0 Å². The van der Waals surface area contributed by atoms with Gasteiger partial charge in [0.1, 0.15) is 10.6 Å². The number of hydrogen-bond donors (Lipinski definition) is 0. The van der Waals surface area contributed by atoms with Gasteiger partial charge in [-0.25, -0.2) is 8.42 Å². The molecule has 1 amide bonds. The Bertz CT molecular complexity index is 960. The van der Waals surface area contributed by atoms with Gasteiger partial charge in [-0.1, -0.05) is 41.4 Å². The highest BCUT2D eigenvalue weighted by Gasteiger charge is 2.32. The van der Waals surface area contributed by atoms with Crippen LogP contribution >= 0.6 is 23.2 Å². The lowest BCUT2D eigenvalue weighted by atomic mass is 10.2. The summed E-state index contributed by atoms with van der Waals surface area (Å²) in [4.78, 5) is 14.3. The normalized spacial score (nSPS) is 16.6. The summed E-state index contributed by atoms with van der Waals surface area (Å²) in [6.07, 6.45) is -0.704. The molecule has 9 heteroatoms. The van der Waals surface area contributed by atoms with Crippen molar-refractivity contribution in [2.24, 2.45) is 0 Å². The molecular weight excluding hydrogens is 423 g/mol. The van der Waals surface area contributed by atoms with Crippen molar-refractivity contribution in [1.29, 1.82) is 0 Å². The Balaban J connectivity index is 1.61. The van der Waals surface area contributed by atoms with E-state index >= 15 is 0 Å². The highest BCUT2D eigenvalue weighted by atomic mass is 35.5. The number of rotatable bonds is 5. The van der Waals surface area contributed by atoms with E-state index in [4.69, 9.17) is 27.9 Å². The lowest BCUT2D eigenvalue weighted by Crippen LogP contribution is -2.53. The second-order valence-electron chi connectivity index (χ2n) is 6.38. The Morgan fingerprint density at radius 2 is 1.71 bits per heavy atom. The van der Waals surface area contributed by atoms with Crippen LogP contribution in [-0.2, 0) is 14.8 Å². The number of sulfonamides is 1. The summed E-state index contributed by atoms with van der Waals surface area (Å²) in [5.41, 5.74) is 0. The zero-order valence-electron chi connectivity index (χ0n) is 15.2. The molecule has 2 aromatic carbocycles. The maximum absolute atomic E-state index is 12.8. The van der Waals surface area contributed by atoms with Crippen molar-refractivity contribution in [1.82, 2.24) is 9.21 Å². The molecule has 28 heavy (non-hydrogen) atoms. The first-order valence-electron chi connectivity index (χ1n) is 8.75. The molecule has 1 saturated heterocycles. The first-order valence-corrected chi connectivity index (χ1v) is 10.9. The van der Waals surface area contributed by atoms with Crippen molar-refractivity contribution in [3.63, 3.8) is 0 Å². The number of ether oxygens (including phenoxy) is 1. The molecule has 0 spiro atoms. The maximum atomic E-state index is 12.8. The van der Waals surface area contributed by atoms with E-state index in [2.05, 4.69) is 0 Å². The van der Waals surface area contributed by atoms with Crippen LogP contribution < -0.4 is 4.74 Å². The van der Waals surface area contributed by atoms with Gasteiger partial charge in [0.05, 0.1) is 5.02 Å². The number of piperazine rings is 1. The number of carbonyl (C=O) groups excluding carboxylic acids is 1. The summed E-state index contributed by atoms with van der Waals surface area (Å²) in [6, 6.07) is 13.2. The first kappa shape index (κ1) is 20.9. The summed E-state index contributed by atoms with van der Waals surface area (Å²) in [5.74, 6) is 0.308. The largest absolute Gasteiger partial charge is 0.481 e. The predicted molar refractivity (Wildman–Crippen MR) is 108 cm³/mol. The van der Waals surface area contributed by atoms with Crippen molar-refractivity contribution >= 4 is 39.1 Å². The second kappa shape index (κ2) is 8.69. The lowest BCUT2D eigenvalue weighted by Gasteiger charge is -2.35. The fraction of sp³-hybridized carbons (Fsp3) is 0.316. The number of carbonyl (C=O) groups is 1. The van der Waals surface area contributed by atoms with E-state index in [9.17, 15) is 13.2 Å². The molecule has 0 aromatic heterocycles. The van der Waals surface area contributed by atoms with Crippen LogP contribution in [0.3, 0.4) is 0 Å². The smallest absolute Gasteiger partial charge is 0.263 e. The van der Waals surface area contributed by atoms with Crippen LogP contribution in [0.5, 0.6) is 5.75 Å². The van der Waals surface area contributed by atoms with Gasteiger partial charge in [0.25, 0.3) is 5.91 Å². The predicted octanol–water partition coefficient (Wildman–Crippen LogP) is 3.29. The van der Waals surface area contributed by atoms with Crippen LogP contribution in [0.1, 0.15) is 6.92 Å². The molecule has 1 aliphatic rings. The topological polar surface area (TPSA) is 66.9 Å². The zero-order chi connectivity index (χ0) is 20.3. The Labute approximate surface area is 174 Å². The van der Waals surface area contributed by atoms with Gasteiger partial charge in [0.15, 0.2) is 6.10 Å². The summed E-state index contributed by atoms with van der Waals surface area (Å²) in [6.45, 7) is 2.62. The fourth-order valence-electron chi connectivity index (χ4n) is 2.99. The molecule has 1 heterocycles. The van der Waals surface area contributed by atoms with Gasteiger partial charge < -0.3 is 9.64 Å². The number of amides is 1. The SMILES string of the molecule is CC(Oc1cccc(Cl)c1)C(=O)N1CCN(S(=O)(=O)c2ccccc2Cl)CC1. The Kier molecular flexibility index (Phi) is 6.50. The molecule has 0 aliphatic carbocycles. The minimum Gasteiger partial charge on any atom is -0.481 e. The number of hydrogen-bond acceptors (Lipinski definition) is 4. The summed E-state index contributed by atoms with van der Waals surface area (Å²) in [5, 5.41) is 0.708. The van der Waals surface area contributed by atoms with E-state index in [1.807, 2.05) is 0 Å². The van der Waals surface area contributed by atoms with Crippen LogP contribution in [-0.4, -0.2) is 55.8 Å². The highest BCUT2D eigenvalue weighted by Crippen LogP contribution is 2.25. The van der Waals surface area contributed by atoms with E-state index in [0.717, 1.165) is 0 Å². The number of benzene rings is 2. The van der Waals surface area contributed by atoms with Crippen LogP contribution in [0.25, 0.3) is 0 Å². The van der Waals surface area contributed by atoms with Crippen LogP contribution in [0, 0.1) is 0 Å². The molecule has 0 bridgehead atoms. The second-order valence-corrected chi connectivity index (χ2v) is 9.13. The Morgan fingerprint density at radius 1 is 1.04 bits per heavy atom. The van der Waals surface area contributed by atoms with Crippen LogP contribution in [0.4, 0.5) is 0 Å². The van der Waals surface area contributed by atoms with Crippen LogP contribution in [0.15, 0.2) is 53.4 Å². The summed E-state index contributed by atoms with van der Waals surface area (Å²) >= 11 is 12.0. The van der Waals surface area contributed by atoms with E-state index in [1.165, 1.54) is 10.4 Å². The molecule has 1 unspecified atom stereocenters. The molecule has 0 N–H and O–H groups in total. The number of halogens is 2. The molecule has 6 nitrogen and oxygen atoms in total. The van der Waals surface area contributed by atoms with E-state index in [-0.39, 0.29) is 42.0 Å². The molecule has 0 saturated carbocycles. The summed E-state index contributed by atoms with van der Waals surface area (Å²) in [7, 11) is -3.70. The molecular formula is C19H20Cl2N2O4S. The van der Waals surface area contributed by atoms with E-state index in [0.29, 0.717) is 10.8 Å². The van der Waals surface area contributed by atoms with Crippen LogP contribution in [0.2, 0.25) is 10.0 Å². The number of nitrogens with zero attached hydrogens (tertiary/aromatic N) is 2. The zero-order valence-corrected chi connectivity index (χ0v) is 17.5. The molecule has 1 aliphatic heterocycles. The van der Waals surface area contributed by atoms with Crippen molar-refractivity contribution in [3.8, 4) is 5.75 Å². The van der Waals surface area contributed by atoms with Crippen molar-refractivity contribution in [3.05, 3.63) is 58.6 Å². The third kappa shape index (κ3) is 4.60. The molecule has 1 fully saturated rings. The lowest BCUT2D eigenvalue weighted by molar-refractivity contribution is -0.139. The van der Waals surface area contributed by atoms with Crippen molar-refractivity contribution in [2.45, 2.75) is 17.9 Å². The molecule has 3 rings (SSSR count).